The molecule has 0 aliphatic carbocycles. The molecule has 0 aliphatic heterocycles. The summed E-state index contributed by atoms with van der Waals surface area (Å²) >= 11 is 0. The van der Waals surface area contributed by atoms with Gasteiger partial charge in [-0.25, -0.2) is 4.68 Å². The first-order valence-corrected chi connectivity index (χ1v) is 41.1. The molecular formula is C80H135N3O25P+. The van der Waals surface area contributed by atoms with E-state index in [1.54, 1.807) is 4.68 Å². The SMILES string of the molecule is CCCCCCOc1cc(COc2cc(Cn3cc(COCCOCCOCCOCCOCCOCCOCCOCCOCCOCCOCCOCCOCCOCCOCCOCCO[P+](=O)O)nn3)cc(OCc3cc(OCCCCCC)cc(OCCCCCC)c3)c2)cc(OCCCCCC)c1. The van der Waals surface area contributed by atoms with Crippen LogP contribution in [-0.2, 0) is 111 Å². The summed E-state index contributed by atoms with van der Waals surface area (Å²) in [4.78, 5) is 8.52. The maximum absolute atomic E-state index is 10.4. The molecule has 0 spiro atoms. The number of unbranched alkanes of at least 4 members (excludes halogenated alkanes) is 12. The number of hydrogen-bond acceptors (Lipinski definition) is 26. The summed E-state index contributed by atoms with van der Waals surface area (Å²) in [6, 6.07) is 18.1. The molecule has 0 bridgehead atoms. The molecule has 0 fully saturated rings. The van der Waals surface area contributed by atoms with Crippen molar-refractivity contribution >= 4 is 8.25 Å². The van der Waals surface area contributed by atoms with E-state index in [2.05, 4.69) is 42.5 Å². The fraction of sp³-hybridized carbons (Fsp3) is 0.750. The Hall–Kier alpha value is -5.02. The lowest BCUT2D eigenvalue weighted by atomic mass is 10.1. The summed E-state index contributed by atoms with van der Waals surface area (Å²) in [7, 11) is -2.59. The fourth-order valence-electron chi connectivity index (χ4n) is 10.2. The van der Waals surface area contributed by atoms with Gasteiger partial charge in [0.1, 0.15) is 60.0 Å². The molecule has 0 radical (unpaired) electrons. The van der Waals surface area contributed by atoms with E-state index in [-0.39, 0.29) is 19.8 Å². The largest absolute Gasteiger partial charge is 0.694 e. The first-order valence-electron chi connectivity index (χ1n) is 40.0. The molecule has 4 rings (SSSR count). The van der Waals surface area contributed by atoms with Crippen LogP contribution in [0.2, 0.25) is 0 Å². The highest BCUT2D eigenvalue weighted by atomic mass is 31.1. The van der Waals surface area contributed by atoms with Gasteiger partial charge in [-0.3, -0.25) is 0 Å². The number of aromatic nitrogens is 3. The average molecular weight is 1570 g/mol. The van der Waals surface area contributed by atoms with Gasteiger partial charge < -0.3 is 104 Å². The van der Waals surface area contributed by atoms with Crippen molar-refractivity contribution in [3.05, 3.63) is 83.2 Å². The minimum Gasteiger partial charge on any atom is -0.493 e. The lowest BCUT2D eigenvalue weighted by Gasteiger charge is -2.16. The van der Waals surface area contributed by atoms with Gasteiger partial charge >= 0.3 is 8.25 Å². The Bertz CT molecular complexity index is 2550. The highest BCUT2D eigenvalue weighted by Crippen LogP contribution is 2.30. The van der Waals surface area contributed by atoms with E-state index < -0.39 is 8.25 Å². The monoisotopic (exact) mass is 1570 g/mol. The van der Waals surface area contributed by atoms with E-state index in [4.69, 9.17) is 109 Å². The predicted molar refractivity (Wildman–Crippen MR) is 413 cm³/mol. The zero-order valence-electron chi connectivity index (χ0n) is 66.4. The second-order valence-corrected chi connectivity index (χ2v) is 26.1. The Morgan fingerprint density at radius 1 is 0.275 bits per heavy atom. The Morgan fingerprint density at radius 3 is 0.771 bits per heavy atom. The molecule has 0 saturated carbocycles. The van der Waals surface area contributed by atoms with E-state index in [0.29, 0.717) is 262 Å². The molecule has 109 heavy (non-hydrogen) atoms. The van der Waals surface area contributed by atoms with Crippen molar-refractivity contribution in [1.29, 1.82) is 0 Å². The van der Waals surface area contributed by atoms with Crippen LogP contribution in [-0.4, -0.2) is 258 Å². The van der Waals surface area contributed by atoms with Crippen LogP contribution in [0.25, 0.3) is 0 Å². The van der Waals surface area contributed by atoms with Crippen molar-refractivity contribution in [3.63, 3.8) is 0 Å². The predicted octanol–water partition coefficient (Wildman–Crippen LogP) is 12.8. The van der Waals surface area contributed by atoms with Crippen LogP contribution in [0.4, 0.5) is 0 Å². The summed E-state index contributed by atoms with van der Waals surface area (Å²) < 4.78 is 144. The van der Waals surface area contributed by atoms with Crippen molar-refractivity contribution in [1.82, 2.24) is 15.0 Å². The zero-order valence-corrected chi connectivity index (χ0v) is 67.3. The van der Waals surface area contributed by atoms with Crippen molar-refractivity contribution in [2.75, 3.05) is 238 Å². The zero-order chi connectivity index (χ0) is 77.3. The summed E-state index contributed by atoms with van der Waals surface area (Å²) in [5.74, 6) is 4.41. The van der Waals surface area contributed by atoms with Crippen LogP contribution in [0.1, 0.15) is 153 Å². The van der Waals surface area contributed by atoms with Crippen molar-refractivity contribution in [2.45, 2.75) is 157 Å². The molecule has 0 saturated heterocycles. The van der Waals surface area contributed by atoms with Gasteiger partial charge in [0.15, 0.2) is 0 Å². The minimum absolute atomic E-state index is 0.0632. The van der Waals surface area contributed by atoms with Gasteiger partial charge in [-0.1, -0.05) is 110 Å². The van der Waals surface area contributed by atoms with Crippen molar-refractivity contribution in [2.24, 2.45) is 0 Å². The Balaban J connectivity index is 0.999. The van der Waals surface area contributed by atoms with E-state index in [1.807, 2.05) is 60.8 Å². The maximum Gasteiger partial charge on any atom is 0.694 e. The molecule has 29 heteroatoms. The molecule has 4 aromatic rings. The number of ether oxygens (including phenoxy) is 22. The number of rotatable bonds is 83. The van der Waals surface area contributed by atoms with Gasteiger partial charge in [0.2, 0.25) is 0 Å². The number of benzene rings is 3. The van der Waals surface area contributed by atoms with Gasteiger partial charge in [-0.15, -0.1) is 14.5 Å². The van der Waals surface area contributed by atoms with E-state index in [1.165, 1.54) is 51.4 Å². The van der Waals surface area contributed by atoms with E-state index >= 15 is 0 Å². The molecule has 0 aliphatic rings. The van der Waals surface area contributed by atoms with E-state index in [0.717, 1.165) is 91.1 Å². The lowest BCUT2D eigenvalue weighted by Crippen LogP contribution is -2.16. The lowest BCUT2D eigenvalue weighted by molar-refractivity contribution is -0.0305. The molecule has 28 nitrogen and oxygen atoms in total. The highest BCUT2D eigenvalue weighted by Gasteiger charge is 2.14. The average Bonchev–Trinajstić information content (AvgIpc) is 1.59. The second kappa shape index (κ2) is 72.0. The molecule has 1 atom stereocenters. The third kappa shape index (κ3) is 57.6. The number of hydrogen-bond donors (Lipinski definition) is 1. The third-order valence-electron chi connectivity index (χ3n) is 15.9. The second-order valence-electron chi connectivity index (χ2n) is 25.4. The van der Waals surface area contributed by atoms with Crippen molar-refractivity contribution < 1.29 is 118 Å². The molecule has 0 amide bonds. The minimum atomic E-state index is -2.59. The topological polar surface area (TPSA) is 280 Å². The van der Waals surface area contributed by atoms with Crippen LogP contribution >= 0.6 is 8.25 Å². The summed E-state index contributed by atoms with van der Waals surface area (Å²) in [5.41, 5.74) is 3.51. The van der Waals surface area contributed by atoms with Crippen LogP contribution in [0, 0.1) is 0 Å². The normalized spacial score (nSPS) is 11.7. The molecule has 1 unspecified atom stereocenters. The standard InChI is InChI=1S/C80H134N3O25P/c1-5-9-13-17-21-102-75-59-72(60-76(63-75)103-22-18-14-10-6-2)68-106-79-57-71(58-80(65-79)107-69-73-61-77(104-23-19-15-11-7-3)64-78(62-73)105-24-20-16-12-8-4)66-83-67-74(81-82-83)70-101-54-53-99-50-49-97-46-45-95-42-41-93-38-37-91-34-33-89-30-29-87-26-25-86-27-28-88-31-32-90-35-36-92-39-40-94-43-44-96-47-48-98-51-52-100-55-56-108-109(84)85/h57-65,67H,5-56,66,68-70H2,1-4H3/p+1. The Kier molecular flexibility index (Phi) is 63.6. The van der Waals surface area contributed by atoms with Crippen LogP contribution < -0.4 is 28.4 Å². The summed E-state index contributed by atoms with van der Waals surface area (Å²) in [6.07, 6.45) is 19.9. The van der Waals surface area contributed by atoms with Gasteiger partial charge in [0.05, 0.1) is 251 Å². The van der Waals surface area contributed by atoms with Crippen LogP contribution in [0.3, 0.4) is 0 Å². The van der Waals surface area contributed by atoms with Gasteiger partial charge in [0.25, 0.3) is 0 Å². The third-order valence-corrected chi connectivity index (χ3v) is 16.3. The smallest absolute Gasteiger partial charge is 0.493 e. The maximum atomic E-state index is 10.4. The number of nitrogens with zero attached hydrogens (tertiary/aromatic N) is 3. The van der Waals surface area contributed by atoms with Gasteiger partial charge in [-0.05, 0) is 78.8 Å². The molecule has 1 heterocycles. The molecule has 1 aromatic heterocycles. The van der Waals surface area contributed by atoms with Crippen molar-refractivity contribution in [3.8, 4) is 34.5 Å². The highest BCUT2D eigenvalue weighted by molar-refractivity contribution is 7.32. The Labute approximate surface area is 651 Å². The van der Waals surface area contributed by atoms with Crippen LogP contribution in [0.15, 0.2) is 60.8 Å². The quantitative estimate of drug-likeness (QED) is 0.0317. The van der Waals surface area contributed by atoms with Crippen LogP contribution in [0.5, 0.6) is 34.5 Å². The van der Waals surface area contributed by atoms with E-state index in [9.17, 15) is 4.57 Å². The first-order chi connectivity index (χ1) is 53.9. The summed E-state index contributed by atoms with van der Waals surface area (Å²) in [6.45, 7) is 26.6. The molecule has 1 N–H and O–H groups in total. The molecule has 3 aromatic carbocycles. The fourth-order valence-corrected chi connectivity index (χ4v) is 10.4. The molecule has 624 valence electrons. The molecular weight excluding hydrogens is 1430 g/mol. The van der Waals surface area contributed by atoms with Gasteiger partial charge in [0, 0.05) is 22.8 Å². The van der Waals surface area contributed by atoms with Gasteiger partial charge in [-0.2, -0.15) is 0 Å². The first kappa shape index (κ1) is 96.3. The summed E-state index contributed by atoms with van der Waals surface area (Å²) in [5, 5.41) is 8.86. The Morgan fingerprint density at radius 2 is 0.514 bits per heavy atom.